The van der Waals surface area contributed by atoms with Gasteiger partial charge in [-0.2, -0.15) is 5.26 Å². The van der Waals surface area contributed by atoms with Crippen molar-refractivity contribution in [1.29, 1.82) is 5.26 Å². The van der Waals surface area contributed by atoms with Gasteiger partial charge in [0.25, 0.3) is 5.91 Å². The van der Waals surface area contributed by atoms with Gasteiger partial charge in [-0.1, -0.05) is 6.92 Å². The van der Waals surface area contributed by atoms with E-state index in [1.807, 2.05) is 6.92 Å². The molecular weight excluding hydrogens is 337 g/mol. The molecular formula is C15H17BrFN3O. The number of carbonyl (C=O) groups excluding carboxylic acids is 1. The highest BCUT2D eigenvalue weighted by molar-refractivity contribution is 9.10. The van der Waals surface area contributed by atoms with Gasteiger partial charge in [0.2, 0.25) is 0 Å². The lowest BCUT2D eigenvalue weighted by Crippen LogP contribution is -2.51. The van der Waals surface area contributed by atoms with E-state index in [9.17, 15) is 9.18 Å². The topological polar surface area (TPSA) is 47.3 Å². The molecule has 1 aliphatic heterocycles. The second-order valence-electron chi connectivity index (χ2n) is 5.01. The SMILES string of the molecule is CCC(C#N)N1CCN(C(=O)c2cc(F)ccc2Br)CC1. The molecule has 0 bridgehead atoms. The maximum Gasteiger partial charge on any atom is 0.255 e. The third kappa shape index (κ3) is 3.60. The Balaban J connectivity index is 2.04. The van der Waals surface area contributed by atoms with Gasteiger partial charge in [0, 0.05) is 30.7 Å². The van der Waals surface area contributed by atoms with E-state index in [0.29, 0.717) is 36.2 Å². The monoisotopic (exact) mass is 353 g/mol. The van der Waals surface area contributed by atoms with E-state index in [-0.39, 0.29) is 11.9 Å². The van der Waals surface area contributed by atoms with Gasteiger partial charge >= 0.3 is 0 Å². The number of rotatable bonds is 3. The number of hydrogen-bond acceptors (Lipinski definition) is 3. The van der Waals surface area contributed by atoms with Gasteiger partial charge < -0.3 is 4.90 Å². The average molecular weight is 354 g/mol. The molecule has 0 N–H and O–H groups in total. The molecule has 0 aromatic heterocycles. The number of benzene rings is 1. The van der Waals surface area contributed by atoms with Crippen molar-refractivity contribution in [3.63, 3.8) is 0 Å². The second kappa shape index (κ2) is 7.01. The molecule has 1 fully saturated rings. The lowest BCUT2D eigenvalue weighted by Gasteiger charge is -2.36. The maximum absolute atomic E-state index is 13.3. The second-order valence-corrected chi connectivity index (χ2v) is 5.86. The number of carbonyl (C=O) groups is 1. The van der Waals surface area contributed by atoms with Crippen LogP contribution in [0.3, 0.4) is 0 Å². The number of amides is 1. The summed E-state index contributed by atoms with van der Waals surface area (Å²) < 4.78 is 13.9. The fourth-order valence-corrected chi connectivity index (χ4v) is 2.92. The summed E-state index contributed by atoms with van der Waals surface area (Å²) in [7, 11) is 0. The van der Waals surface area contributed by atoms with Crippen molar-refractivity contribution < 1.29 is 9.18 Å². The summed E-state index contributed by atoms with van der Waals surface area (Å²) >= 11 is 3.29. The summed E-state index contributed by atoms with van der Waals surface area (Å²) in [6, 6.07) is 6.30. The quantitative estimate of drug-likeness (QED) is 0.839. The Kier molecular flexibility index (Phi) is 5.32. The first-order valence-corrected chi connectivity index (χ1v) is 7.74. The summed E-state index contributed by atoms with van der Waals surface area (Å²) in [5.41, 5.74) is 0.343. The van der Waals surface area contributed by atoms with E-state index in [4.69, 9.17) is 5.26 Å². The van der Waals surface area contributed by atoms with E-state index in [1.54, 1.807) is 11.0 Å². The fraction of sp³-hybridized carbons (Fsp3) is 0.467. The third-order valence-corrected chi connectivity index (χ3v) is 4.43. The minimum absolute atomic E-state index is 0.0943. The third-order valence-electron chi connectivity index (χ3n) is 3.74. The van der Waals surface area contributed by atoms with Crippen molar-refractivity contribution in [3.05, 3.63) is 34.1 Å². The highest BCUT2D eigenvalue weighted by Gasteiger charge is 2.26. The van der Waals surface area contributed by atoms with Crippen LogP contribution in [0.25, 0.3) is 0 Å². The van der Waals surface area contributed by atoms with Crippen molar-refractivity contribution in [1.82, 2.24) is 9.80 Å². The summed E-state index contributed by atoms with van der Waals surface area (Å²) in [5.74, 6) is -0.596. The zero-order valence-corrected chi connectivity index (χ0v) is 13.4. The molecule has 0 spiro atoms. The predicted octanol–water partition coefficient (Wildman–Crippen LogP) is 2.65. The van der Waals surface area contributed by atoms with E-state index < -0.39 is 5.82 Å². The molecule has 1 aromatic carbocycles. The van der Waals surface area contributed by atoms with Gasteiger partial charge in [0.15, 0.2) is 0 Å². The van der Waals surface area contributed by atoms with Gasteiger partial charge in [-0.25, -0.2) is 4.39 Å². The Morgan fingerprint density at radius 2 is 2.10 bits per heavy atom. The van der Waals surface area contributed by atoms with Crippen LogP contribution in [0.2, 0.25) is 0 Å². The largest absolute Gasteiger partial charge is 0.336 e. The first-order chi connectivity index (χ1) is 10.1. The van der Waals surface area contributed by atoms with Crippen LogP contribution in [-0.2, 0) is 0 Å². The molecule has 1 aromatic rings. The lowest BCUT2D eigenvalue weighted by atomic mass is 10.1. The van der Waals surface area contributed by atoms with Crippen molar-refractivity contribution in [2.75, 3.05) is 26.2 Å². The molecule has 112 valence electrons. The van der Waals surface area contributed by atoms with Crippen molar-refractivity contribution in [2.45, 2.75) is 19.4 Å². The van der Waals surface area contributed by atoms with Crippen LogP contribution in [-0.4, -0.2) is 47.9 Å². The highest BCUT2D eigenvalue weighted by Crippen LogP contribution is 2.20. The minimum atomic E-state index is -0.421. The maximum atomic E-state index is 13.3. The summed E-state index contributed by atoms with van der Waals surface area (Å²) in [5, 5.41) is 9.08. The van der Waals surface area contributed by atoms with Crippen molar-refractivity contribution in [2.24, 2.45) is 0 Å². The molecule has 1 heterocycles. The van der Waals surface area contributed by atoms with Crippen LogP contribution >= 0.6 is 15.9 Å². The molecule has 1 saturated heterocycles. The number of piperazine rings is 1. The minimum Gasteiger partial charge on any atom is -0.336 e. The molecule has 1 aliphatic rings. The zero-order chi connectivity index (χ0) is 15.4. The van der Waals surface area contributed by atoms with E-state index in [1.165, 1.54) is 12.1 Å². The van der Waals surface area contributed by atoms with Crippen molar-refractivity contribution >= 4 is 21.8 Å². The van der Waals surface area contributed by atoms with Gasteiger partial charge in [-0.15, -0.1) is 0 Å². The Labute approximate surface area is 132 Å². The lowest BCUT2D eigenvalue weighted by molar-refractivity contribution is 0.0603. The first-order valence-electron chi connectivity index (χ1n) is 6.94. The molecule has 4 nitrogen and oxygen atoms in total. The van der Waals surface area contributed by atoms with E-state index >= 15 is 0 Å². The summed E-state index contributed by atoms with van der Waals surface area (Å²) in [4.78, 5) is 16.2. The Morgan fingerprint density at radius 3 is 2.67 bits per heavy atom. The molecule has 0 radical (unpaired) electrons. The average Bonchev–Trinajstić information content (AvgIpc) is 2.51. The van der Waals surface area contributed by atoms with Crippen LogP contribution < -0.4 is 0 Å². The number of nitrogens with zero attached hydrogens (tertiary/aromatic N) is 3. The van der Waals surface area contributed by atoms with E-state index in [2.05, 4.69) is 26.9 Å². The van der Waals surface area contributed by atoms with Gasteiger partial charge in [-0.05, 0) is 40.5 Å². The molecule has 0 saturated carbocycles. The smallest absolute Gasteiger partial charge is 0.255 e. The van der Waals surface area contributed by atoms with Gasteiger partial charge in [-0.3, -0.25) is 9.69 Å². The molecule has 2 rings (SSSR count). The zero-order valence-electron chi connectivity index (χ0n) is 11.9. The standard InChI is InChI=1S/C15H17BrFN3O/c1-2-12(10-18)19-5-7-20(8-6-19)15(21)13-9-11(17)3-4-14(13)16/h3-4,9,12H,2,5-8H2,1H3. The molecule has 1 atom stereocenters. The van der Waals surface area contributed by atoms with Crippen LogP contribution in [0.4, 0.5) is 4.39 Å². The van der Waals surface area contributed by atoms with E-state index in [0.717, 1.165) is 6.42 Å². The first kappa shape index (κ1) is 15.9. The van der Waals surface area contributed by atoms with Crippen LogP contribution in [0.5, 0.6) is 0 Å². The Hall–Kier alpha value is -1.45. The molecule has 1 amide bonds. The molecule has 21 heavy (non-hydrogen) atoms. The normalized spacial score (nSPS) is 17.3. The fourth-order valence-electron chi connectivity index (χ4n) is 2.50. The van der Waals surface area contributed by atoms with Crippen LogP contribution in [0, 0.1) is 17.1 Å². The van der Waals surface area contributed by atoms with Crippen LogP contribution in [0.15, 0.2) is 22.7 Å². The van der Waals surface area contributed by atoms with Crippen molar-refractivity contribution in [3.8, 4) is 6.07 Å². The Bertz CT molecular complexity index is 565. The number of nitriles is 1. The summed E-state index contributed by atoms with van der Waals surface area (Å²) in [6.07, 6.45) is 0.778. The predicted molar refractivity (Wildman–Crippen MR) is 81.3 cm³/mol. The number of halogens is 2. The molecule has 1 unspecified atom stereocenters. The molecule has 0 aliphatic carbocycles. The van der Waals surface area contributed by atoms with Crippen LogP contribution in [0.1, 0.15) is 23.7 Å². The summed E-state index contributed by atoms with van der Waals surface area (Å²) in [6.45, 7) is 4.44. The number of hydrogen-bond donors (Lipinski definition) is 0. The highest BCUT2D eigenvalue weighted by atomic mass is 79.9. The van der Waals surface area contributed by atoms with Gasteiger partial charge in [0.05, 0.1) is 17.7 Å². The molecule has 6 heteroatoms. The van der Waals surface area contributed by atoms with Gasteiger partial charge in [0.1, 0.15) is 5.82 Å². The Morgan fingerprint density at radius 1 is 1.43 bits per heavy atom.